The summed E-state index contributed by atoms with van der Waals surface area (Å²) in [4.78, 5) is 58.6. The fraction of sp³-hybridized carbons (Fsp3) is 0.364. The van der Waals surface area contributed by atoms with Crippen molar-refractivity contribution in [3.8, 4) is 17.1 Å². The van der Waals surface area contributed by atoms with Gasteiger partial charge < -0.3 is 30.1 Å². The first-order valence-corrected chi connectivity index (χ1v) is 16.6. The summed E-state index contributed by atoms with van der Waals surface area (Å²) in [7, 11) is 1.26. The summed E-state index contributed by atoms with van der Waals surface area (Å²) in [6.45, 7) is 2.79. The third-order valence-electron chi connectivity index (χ3n) is 8.78. The highest BCUT2D eigenvalue weighted by Gasteiger charge is 2.41. The van der Waals surface area contributed by atoms with Crippen molar-refractivity contribution >= 4 is 41.5 Å². The van der Waals surface area contributed by atoms with Gasteiger partial charge in [-0.25, -0.2) is 14.6 Å². The number of alkyl halides is 6. The number of benzene rings is 1. The van der Waals surface area contributed by atoms with E-state index in [0.29, 0.717) is 36.9 Å². The minimum Gasteiger partial charge on any atom is -0.483 e. The molecule has 54 heavy (non-hydrogen) atoms. The molecule has 0 spiro atoms. The standard InChI is InChI=1S/C32H30ClF6N9O3.CH2O2/c1-45-24(21-17-48(44-25(21)32(37,38)39)26-22(31(34,35)36)3-2-8-41-26)16-42-27(45)28(49)43-19-4-5-20(23(33)15-19)30(51)47-13-11-46(12-14-47)29(50)18-6-9-40-10-7-18;2-1-3/h2-5,8,15-18,40H,6-7,9-14H2,1H3,(H,43,49);1H,(H,2,3). The highest BCUT2D eigenvalue weighted by molar-refractivity contribution is 6.34. The summed E-state index contributed by atoms with van der Waals surface area (Å²) in [5, 5.41) is 16.1. The molecule has 0 unspecified atom stereocenters. The highest BCUT2D eigenvalue weighted by atomic mass is 35.5. The van der Waals surface area contributed by atoms with E-state index < -0.39 is 40.9 Å². The maximum atomic E-state index is 14.1. The zero-order valence-corrected chi connectivity index (χ0v) is 29.0. The van der Waals surface area contributed by atoms with Crippen LogP contribution in [0.1, 0.15) is 45.1 Å². The van der Waals surface area contributed by atoms with Gasteiger partial charge in [-0.3, -0.25) is 19.2 Å². The number of carbonyl (C=O) groups excluding carboxylic acids is 3. The molecule has 5 heterocycles. The van der Waals surface area contributed by atoms with Crippen LogP contribution in [0.5, 0.6) is 0 Å². The normalized spacial score (nSPS) is 15.3. The van der Waals surface area contributed by atoms with Crippen LogP contribution in [-0.2, 0) is 29.0 Å². The van der Waals surface area contributed by atoms with Crippen LogP contribution in [0.15, 0.2) is 48.9 Å². The molecule has 1 aromatic carbocycles. The van der Waals surface area contributed by atoms with Gasteiger partial charge in [-0.2, -0.15) is 31.4 Å². The zero-order chi connectivity index (χ0) is 39.4. The van der Waals surface area contributed by atoms with Crippen molar-refractivity contribution in [2.45, 2.75) is 25.2 Å². The van der Waals surface area contributed by atoms with E-state index in [4.69, 9.17) is 21.5 Å². The van der Waals surface area contributed by atoms with Crippen molar-refractivity contribution in [3.63, 3.8) is 0 Å². The molecule has 2 fully saturated rings. The summed E-state index contributed by atoms with van der Waals surface area (Å²) >= 11 is 6.44. The SMILES string of the molecule is Cn1c(-c2cn(-c3ncccc3C(F)(F)F)nc2C(F)(F)F)cnc1C(=O)Nc1ccc(C(=O)N2CCN(C(=O)C3CCNCC3)CC2)c(Cl)c1.O=CO. The molecular weight excluding hydrogens is 752 g/mol. The number of nitrogens with zero attached hydrogens (tertiary/aromatic N) is 7. The highest BCUT2D eigenvalue weighted by Crippen LogP contribution is 2.39. The number of anilines is 1. The van der Waals surface area contributed by atoms with Crippen LogP contribution in [-0.4, -0.2) is 103 Å². The molecule has 0 aliphatic carbocycles. The third-order valence-corrected chi connectivity index (χ3v) is 9.10. The molecule has 6 rings (SSSR count). The second-order valence-corrected chi connectivity index (χ2v) is 12.5. The van der Waals surface area contributed by atoms with E-state index >= 15 is 0 Å². The molecule has 3 N–H and O–H groups in total. The van der Waals surface area contributed by atoms with Gasteiger partial charge in [0.2, 0.25) is 5.91 Å². The maximum Gasteiger partial charge on any atom is 0.435 e. The first kappa shape index (κ1) is 39.7. The molecule has 2 saturated heterocycles. The summed E-state index contributed by atoms with van der Waals surface area (Å²) in [5.41, 5.74) is -3.39. The molecule has 14 nitrogen and oxygen atoms in total. The number of nitrogens with one attached hydrogen (secondary N) is 2. The van der Waals surface area contributed by atoms with Gasteiger partial charge in [0.1, 0.15) is 5.56 Å². The number of hydrogen-bond donors (Lipinski definition) is 3. The van der Waals surface area contributed by atoms with Gasteiger partial charge in [-0.05, 0) is 56.3 Å². The van der Waals surface area contributed by atoms with Crippen LogP contribution in [0.3, 0.4) is 0 Å². The van der Waals surface area contributed by atoms with Gasteiger partial charge in [0.05, 0.1) is 28.0 Å². The van der Waals surface area contributed by atoms with E-state index in [2.05, 4.69) is 25.7 Å². The summed E-state index contributed by atoms with van der Waals surface area (Å²) in [6.07, 6.45) is -5.77. The Morgan fingerprint density at radius 1 is 0.981 bits per heavy atom. The first-order valence-electron chi connectivity index (χ1n) is 16.2. The number of hydrogen-bond acceptors (Lipinski definition) is 8. The number of carboxylic acid groups (broad SMARTS) is 1. The van der Waals surface area contributed by atoms with E-state index in [0.717, 1.165) is 55.2 Å². The minimum atomic E-state index is -5.09. The topological polar surface area (TPSA) is 168 Å². The van der Waals surface area contributed by atoms with Crippen LogP contribution in [0.4, 0.5) is 32.0 Å². The number of pyridine rings is 1. The van der Waals surface area contributed by atoms with E-state index in [1.807, 2.05) is 0 Å². The van der Waals surface area contributed by atoms with Crippen LogP contribution < -0.4 is 10.6 Å². The molecule has 0 atom stereocenters. The molecule has 21 heteroatoms. The molecule has 4 aromatic rings. The van der Waals surface area contributed by atoms with Gasteiger partial charge in [-0.1, -0.05) is 11.6 Å². The Balaban J connectivity index is 0.00000181. The fourth-order valence-electron chi connectivity index (χ4n) is 6.13. The predicted octanol–water partition coefficient (Wildman–Crippen LogP) is 4.60. The van der Waals surface area contributed by atoms with Crippen LogP contribution in [0, 0.1) is 5.92 Å². The average Bonchev–Trinajstić information content (AvgIpc) is 3.76. The Kier molecular flexibility index (Phi) is 11.9. The Morgan fingerprint density at radius 2 is 1.63 bits per heavy atom. The molecule has 288 valence electrons. The predicted molar refractivity (Wildman–Crippen MR) is 180 cm³/mol. The summed E-state index contributed by atoms with van der Waals surface area (Å²) < 4.78 is 84.4. The van der Waals surface area contributed by atoms with E-state index in [1.54, 1.807) is 9.80 Å². The fourth-order valence-corrected chi connectivity index (χ4v) is 6.39. The lowest BCUT2D eigenvalue weighted by molar-refractivity contribution is -0.141. The third kappa shape index (κ3) is 8.65. The van der Waals surface area contributed by atoms with Crippen molar-refractivity contribution in [1.29, 1.82) is 0 Å². The van der Waals surface area contributed by atoms with Crippen molar-refractivity contribution in [3.05, 3.63) is 76.6 Å². The zero-order valence-electron chi connectivity index (χ0n) is 28.3. The molecule has 2 aliphatic rings. The lowest BCUT2D eigenvalue weighted by Gasteiger charge is -2.37. The quantitative estimate of drug-likeness (QED) is 0.187. The number of halogens is 7. The summed E-state index contributed by atoms with van der Waals surface area (Å²) in [6, 6.07) is 5.85. The molecular formula is C33H32ClF6N9O5. The number of imidazole rings is 1. The van der Waals surface area contributed by atoms with Crippen LogP contribution in [0.25, 0.3) is 17.1 Å². The number of piperidine rings is 1. The molecule has 0 bridgehead atoms. The van der Waals surface area contributed by atoms with E-state index in [-0.39, 0.29) is 52.0 Å². The monoisotopic (exact) mass is 783 g/mol. The van der Waals surface area contributed by atoms with Gasteiger partial charge in [-0.15, -0.1) is 0 Å². The number of aromatic nitrogens is 5. The van der Waals surface area contributed by atoms with E-state index in [9.17, 15) is 40.7 Å². The maximum absolute atomic E-state index is 14.1. The van der Waals surface area contributed by atoms with Crippen molar-refractivity contribution < 1.29 is 50.6 Å². The number of amides is 3. The Hall–Kier alpha value is -5.50. The van der Waals surface area contributed by atoms with Crippen LogP contribution in [0.2, 0.25) is 5.02 Å². The Bertz CT molecular complexity index is 2020. The Morgan fingerprint density at radius 3 is 2.24 bits per heavy atom. The molecule has 3 amide bonds. The van der Waals surface area contributed by atoms with Crippen LogP contribution >= 0.6 is 11.6 Å². The van der Waals surface area contributed by atoms with Crippen molar-refractivity contribution in [2.24, 2.45) is 13.0 Å². The first-order chi connectivity index (χ1) is 25.5. The molecule has 0 saturated carbocycles. The lowest BCUT2D eigenvalue weighted by Crippen LogP contribution is -2.52. The van der Waals surface area contributed by atoms with Crippen molar-refractivity contribution in [1.82, 2.24) is 39.4 Å². The number of carbonyl (C=O) groups is 4. The van der Waals surface area contributed by atoms with Gasteiger partial charge in [0, 0.05) is 57.2 Å². The second kappa shape index (κ2) is 16.3. The molecule has 3 aromatic heterocycles. The number of rotatable bonds is 6. The van der Waals surface area contributed by atoms with Gasteiger partial charge in [0.15, 0.2) is 17.3 Å². The summed E-state index contributed by atoms with van der Waals surface area (Å²) in [5.74, 6) is -2.33. The Labute approximate surface area is 307 Å². The largest absolute Gasteiger partial charge is 0.483 e. The van der Waals surface area contributed by atoms with E-state index in [1.165, 1.54) is 25.2 Å². The van der Waals surface area contributed by atoms with Gasteiger partial charge in [0.25, 0.3) is 18.3 Å². The second-order valence-electron chi connectivity index (χ2n) is 12.1. The van der Waals surface area contributed by atoms with Crippen molar-refractivity contribution in [2.75, 3.05) is 44.6 Å². The molecule has 0 radical (unpaired) electrons. The number of piperazine rings is 1. The minimum absolute atomic E-state index is 0.0215. The smallest absolute Gasteiger partial charge is 0.435 e. The molecule has 2 aliphatic heterocycles. The van der Waals surface area contributed by atoms with Gasteiger partial charge >= 0.3 is 12.4 Å². The average molecular weight is 784 g/mol. The lowest BCUT2D eigenvalue weighted by atomic mass is 9.96.